The molecule has 1 N–H and O–H groups in total. The third-order valence-electron chi connectivity index (χ3n) is 5.45. The summed E-state index contributed by atoms with van der Waals surface area (Å²) in [5.41, 5.74) is 6.11. The van der Waals surface area contributed by atoms with Crippen LogP contribution in [0.4, 0.5) is 0 Å². The number of ether oxygens (including phenoxy) is 1. The normalized spacial score (nSPS) is 14.3. The molecule has 4 rings (SSSR count). The molecule has 28 heavy (non-hydrogen) atoms. The lowest BCUT2D eigenvalue weighted by atomic mass is 9.97. The zero-order valence-electron chi connectivity index (χ0n) is 16.4. The van der Waals surface area contributed by atoms with Crippen molar-refractivity contribution in [3.05, 3.63) is 89.6 Å². The molecule has 0 aliphatic heterocycles. The summed E-state index contributed by atoms with van der Waals surface area (Å²) in [6.07, 6.45) is 6.98. The number of benzene rings is 2. The van der Waals surface area contributed by atoms with Crippen molar-refractivity contribution in [1.82, 2.24) is 10.3 Å². The average molecular weight is 372 g/mol. The van der Waals surface area contributed by atoms with E-state index in [0.29, 0.717) is 12.5 Å². The Morgan fingerprint density at radius 1 is 0.929 bits per heavy atom. The molecular weight excluding hydrogens is 344 g/mol. The lowest BCUT2D eigenvalue weighted by Gasteiger charge is -2.13. The van der Waals surface area contributed by atoms with Crippen LogP contribution in [0.1, 0.15) is 42.4 Å². The molecule has 0 atom stereocenters. The van der Waals surface area contributed by atoms with Gasteiger partial charge in [-0.05, 0) is 47.6 Å². The summed E-state index contributed by atoms with van der Waals surface area (Å²) in [5.74, 6) is 0.668. The van der Waals surface area contributed by atoms with Crippen LogP contribution in [0, 0.1) is 13.0 Å². The van der Waals surface area contributed by atoms with Crippen LogP contribution in [0.3, 0.4) is 0 Å². The van der Waals surface area contributed by atoms with E-state index in [4.69, 9.17) is 4.74 Å². The van der Waals surface area contributed by atoms with Crippen molar-refractivity contribution < 1.29 is 4.74 Å². The Balaban J connectivity index is 1.36. The highest BCUT2D eigenvalue weighted by molar-refractivity contribution is 5.68. The second-order valence-corrected chi connectivity index (χ2v) is 7.41. The highest BCUT2D eigenvalue weighted by Gasteiger charge is 2.14. The Labute approximate surface area is 167 Å². The quantitative estimate of drug-likeness (QED) is 0.567. The Hall–Kier alpha value is -2.65. The largest absolute Gasteiger partial charge is 0.473 e. The minimum Gasteiger partial charge on any atom is -0.473 e. The highest BCUT2D eigenvalue weighted by Crippen LogP contribution is 2.26. The molecule has 0 saturated heterocycles. The van der Waals surface area contributed by atoms with Crippen LogP contribution in [0.5, 0.6) is 5.88 Å². The lowest BCUT2D eigenvalue weighted by molar-refractivity contribution is 0.293. The van der Waals surface area contributed by atoms with Gasteiger partial charge in [0.25, 0.3) is 0 Å². The molecule has 1 fully saturated rings. The van der Waals surface area contributed by atoms with Crippen LogP contribution >= 0.6 is 0 Å². The van der Waals surface area contributed by atoms with Crippen LogP contribution in [0.2, 0.25) is 0 Å². The van der Waals surface area contributed by atoms with Crippen molar-refractivity contribution in [2.75, 3.05) is 0 Å². The standard InChI is InChI=1S/C25H27N2O/c1-19-22(10-7-13-24(19)21-8-3-2-4-9-21)18-28-25-15-14-20(17-27-25)16-26-23-11-5-6-12-23/h2-4,7-10,13-15,17,26H,5-6,11-12,16,18H2,1H3. The summed E-state index contributed by atoms with van der Waals surface area (Å²) >= 11 is 0. The van der Waals surface area contributed by atoms with E-state index in [9.17, 15) is 0 Å². The summed E-state index contributed by atoms with van der Waals surface area (Å²) in [4.78, 5) is 4.48. The van der Waals surface area contributed by atoms with E-state index < -0.39 is 0 Å². The van der Waals surface area contributed by atoms with Gasteiger partial charge >= 0.3 is 0 Å². The zero-order chi connectivity index (χ0) is 19.2. The van der Waals surface area contributed by atoms with Gasteiger partial charge in [0, 0.05) is 24.8 Å². The molecule has 1 aliphatic carbocycles. The maximum Gasteiger partial charge on any atom is 0.213 e. The molecule has 0 bridgehead atoms. The number of hydrogen-bond acceptors (Lipinski definition) is 3. The Morgan fingerprint density at radius 3 is 2.50 bits per heavy atom. The summed E-state index contributed by atoms with van der Waals surface area (Å²) in [5, 5.41) is 3.54. The molecule has 3 nitrogen and oxygen atoms in total. The Morgan fingerprint density at radius 2 is 1.75 bits per heavy atom. The van der Waals surface area contributed by atoms with Crippen LogP contribution in [0.25, 0.3) is 11.1 Å². The zero-order valence-corrected chi connectivity index (χ0v) is 16.4. The van der Waals surface area contributed by atoms with Gasteiger partial charge in [-0.15, -0.1) is 0 Å². The van der Waals surface area contributed by atoms with E-state index in [0.717, 1.165) is 6.54 Å². The fraction of sp³-hybridized carbons (Fsp3) is 0.280. The number of rotatable bonds is 7. The van der Waals surface area contributed by atoms with Gasteiger partial charge in [-0.3, -0.25) is 0 Å². The first kappa shape index (κ1) is 18.7. The predicted octanol–water partition coefficient (Wildman–Crippen LogP) is 5.83. The molecule has 1 aliphatic rings. The van der Waals surface area contributed by atoms with Gasteiger partial charge in [-0.1, -0.05) is 67.4 Å². The fourth-order valence-electron chi connectivity index (χ4n) is 3.73. The second kappa shape index (κ2) is 9.03. The van der Waals surface area contributed by atoms with Gasteiger partial charge in [-0.2, -0.15) is 0 Å². The van der Waals surface area contributed by atoms with Crippen LogP contribution in [-0.2, 0) is 13.2 Å². The van der Waals surface area contributed by atoms with E-state index in [-0.39, 0.29) is 0 Å². The van der Waals surface area contributed by atoms with Gasteiger partial charge in [-0.25, -0.2) is 4.98 Å². The maximum absolute atomic E-state index is 5.96. The Bertz CT molecular complexity index is 884. The molecule has 0 unspecified atom stereocenters. The van der Waals surface area contributed by atoms with Gasteiger partial charge in [0.05, 0.1) is 0 Å². The summed E-state index contributed by atoms with van der Waals surface area (Å²) in [6, 6.07) is 22.4. The number of nitrogens with one attached hydrogen (secondary N) is 1. The van der Waals surface area contributed by atoms with Crippen LogP contribution < -0.4 is 10.1 Å². The van der Waals surface area contributed by atoms with E-state index in [1.807, 2.05) is 18.3 Å². The third kappa shape index (κ3) is 4.60. The molecule has 0 amide bonds. The van der Waals surface area contributed by atoms with Crippen molar-refractivity contribution in [3.8, 4) is 17.0 Å². The lowest BCUT2D eigenvalue weighted by Crippen LogP contribution is -2.17. The number of nitrogens with zero attached hydrogens (tertiary/aromatic N) is 1. The molecular formula is C25H27N2O. The SMILES string of the molecule is Cc1c(COc2ccc(CN[C]3CCCC3)cn2)cccc1-c1ccccc1. The number of pyridine rings is 1. The molecule has 1 heterocycles. The van der Waals surface area contributed by atoms with Gasteiger partial charge in [0.2, 0.25) is 5.88 Å². The van der Waals surface area contributed by atoms with Crippen molar-refractivity contribution in [2.45, 2.75) is 45.8 Å². The van der Waals surface area contributed by atoms with Gasteiger partial charge < -0.3 is 10.1 Å². The molecule has 1 aromatic heterocycles. The van der Waals surface area contributed by atoms with Crippen LogP contribution in [0.15, 0.2) is 66.9 Å². The molecule has 3 heteroatoms. The molecule has 1 saturated carbocycles. The van der Waals surface area contributed by atoms with E-state index >= 15 is 0 Å². The highest BCUT2D eigenvalue weighted by atomic mass is 16.5. The predicted molar refractivity (Wildman–Crippen MR) is 114 cm³/mol. The van der Waals surface area contributed by atoms with E-state index in [2.05, 4.69) is 65.8 Å². The Kier molecular flexibility index (Phi) is 6.03. The van der Waals surface area contributed by atoms with E-state index in [1.54, 1.807) is 0 Å². The van der Waals surface area contributed by atoms with Crippen molar-refractivity contribution in [2.24, 2.45) is 0 Å². The first-order valence-corrected chi connectivity index (χ1v) is 10.1. The minimum absolute atomic E-state index is 0.523. The first-order valence-electron chi connectivity index (χ1n) is 10.1. The third-order valence-corrected chi connectivity index (χ3v) is 5.45. The molecule has 2 aromatic carbocycles. The van der Waals surface area contributed by atoms with Gasteiger partial charge in [0.1, 0.15) is 6.61 Å². The fourth-order valence-corrected chi connectivity index (χ4v) is 3.73. The average Bonchev–Trinajstić information content (AvgIpc) is 3.27. The van der Waals surface area contributed by atoms with Crippen molar-refractivity contribution in [1.29, 1.82) is 0 Å². The van der Waals surface area contributed by atoms with Crippen molar-refractivity contribution in [3.63, 3.8) is 0 Å². The molecule has 143 valence electrons. The van der Waals surface area contributed by atoms with E-state index in [1.165, 1.54) is 59.5 Å². The minimum atomic E-state index is 0.523. The second-order valence-electron chi connectivity index (χ2n) is 7.41. The number of hydrogen-bond donors (Lipinski definition) is 1. The van der Waals surface area contributed by atoms with Gasteiger partial charge in [0.15, 0.2) is 0 Å². The molecule has 0 spiro atoms. The summed E-state index contributed by atoms with van der Waals surface area (Å²) in [7, 11) is 0. The smallest absolute Gasteiger partial charge is 0.213 e. The molecule has 1 radical (unpaired) electrons. The molecule has 3 aromatic rings. The van der Waals surface area contributed by atoms with Crippen LogP contribution in [-0.4, -0.2) is 4.98 Å². The maximum atomic E-state index is 5.96. The van der Waals surface area contributed by atoms with Crippen molar-refractivity contribution >= 4 is 0 Å². The topological polar surface area (TPSA) is 34.1 Å². The first-order chi connectivity index (χ1) is 13.8. The monoisotopic (exact) mass is 371 g/mol. The summed E-state index contributed by atoms with van der Waals surface area (Å²) in [6.45, 7) is 3.53. The summed E-state index contributed by atoms with van der Waals surface area (Å²) < 4.78 is 5.96. The number of aromatic nitrogens is 1.